The number of aliphatic carboxylic acids is 1. The van der Waals surface area contributed by atoms with E-state index in [2.05, 4.69) is 4.98 Å². The summed E-state index contributed by atoms with van der Waals surface area (Å²) < 4.78 is 39.5. The summed E-state index contributed by atoms with van der Waals surface area (Å²) >= 11 is 0. The highest BCUT2D eigenvalue weighted by molar-refractivity contribution is 5.70. The Bertz CT molecular complexity index is 645. The normalized spacial score (nSPS) is 11.6. The average Bonchev–Trinajstić information content (AvgIpc) is 2.83. The zero-order chi connectivity index (χ0) is 15.6. The first kappa shape index (κ1) is 15.1. The number of aromatic nitrogens is 2. The molecule has 2 aromatic rings. The predicted octanol–water partition coefficient (Wildman–Crippen LogP) is 3.22. The van der Waals surface area contributed by atoms with E-state index in [0.717, 1.165) is 6.20 Å². The summed E-state index contributed by atoms with van der Waals surface area (Å²) in [6.45, 7) is 2.08. The van der Waals surface area contributed by atoms with E-state index in [1.165, 1.54) is 4.57 Å². The second-order valence-electron chi connectivity index (χ2n) is 4.50. The van der Waals surface area contributed by atoms with Crippen molar-refractivity contribution in [2.75, 3.05) is 0 Å². The third-order valence-electron chi connectivity index (χ3n) is 2.98. The Labute approximate surface area is 118 Å². The molecule has 1 heterocycles. The van der Waals surface area contributed by atoms with Crippen LogP contribution in [0.3, 0.4) is 0 Å². The van der Waals surface area contributed by atoms with Gasteiger partial charge in [0.15, 0.2) is 5.69 Å². The Hall–Kier alpha value is -2.31. The predicted molar refractivity (Wildman–Crippen MR) is 69.7 cm³/mol. The standard InChI is InChI=1S/C14H13F3N2O2/c1-2-19-8-11(14(15,16)17)18-13(19)10-5-3-9(4-6-10)7-12(20)21/h3-6,8H,2,7H2,1H3,(H,20,21). The van der Waals surface area contributed by atoms with Gasteiger partial charge in [-0.1, -0.05) is 24.3 Å². The summed E-state index contributed by atoms with van der Waals surface area (Å²) in [6, 6.07) is 6.30. The van der Waals surface area contributed by atoms with Gasteiger partial charge < -0.3 is 9.67 Å². The fourth-order valence-electron chi connectivity index (χ4n) is 1.97. The molecule has 0 bridgehead atoms. The van der Waals surface area contributed by atoms with Crippen molar-refractivity contribution in [2.45, 2.75) is 26.1 Å². The molecular weight excluding hydrogens is 285 g/mol. The second kappa shape index (κ2) is 5.59. The summed E-state index contributed by atoms with van der Waals surface area (Å²) in [5.74, 6) is -0.746. The maximum atomic E-state index is 12.7. The van der Waals surface area contributed by atoms with Gasteiger partial charge in [-0.2, -0.15) is 13.2 Å². The van der Waals surface area contributed by atoms with Crippen LogP contribution >= 0.6 is 0 Å². The minimum Gasteiger partial charge on any atom is -0.481 e. The summed E-state index contributed by atoms with van der Waals surface area (Å²) in [5, 5.41) is 8.69. The van der Waals surface area contributed by atoms with E-state index < -0.39 is 17.8 Å². The molecule has 0 radical (unpaired) electrons. The number of hydrogen-bond acceptors (Lipinski definition) is 2. The van der Waals surface area contributed by atoms with Crippen molar-refractivity contribution in [3.63, 3.8) is 0 Å². The van der Waals surface area contributed by atoms with Gasteiger partial charge in [-0.15, -0.1) is 0 Å². The molecule has 7 heteroatoms. The zero-order valence-corrected chi connectivity index (χ0v) is 11.2. The molecule has 0 saturated heterocycles. The molecule has 4 nitrogen and oxygen atoms in total. The number of carboxylic acids is 1. The molecule has 1 N–H and O–H groups in total. The number of rotatable bonds is 4. The number of halogens is 3. The molecule has 0 aliphatic rings. The number of nitrogens with zero attached hydrogens (tertiary/aromatic N) is 2. The molecule has 0 aliphatic heterocycles. The van der Waals surface area contributed by atoms with Gasteiger partial charge in [-0.05, 0) is 12.5 Å². The molecule has 2 rings (SSSR count). The van der Waals surface area contributed by atoms with E-state index >= 15 is 0 Å². The number of benzene rings is 1. The van der Waals surface area contributed by atoms with Gasteiger partial charge in [0.25, 0.3) is 0 Å². The summed E-state index contributed by atoms with van der Waals surface area (Å²) in [4.78, 5) is 14.2. The first-order valence-electron chi connectivity index (χ1n) is 6.26. The second-order valence-corrected chi connectivity index (χ2v) is 4.50. The fourth-order valence-corrected chi connectivity index (χ4v) is 1.97. The Morgan fingerprint density at radius 1 is 1.29 bits per heavy atom. The van der Waals surface area contributed by atoms with Crippen LogP contribution in [0.2, 0.25) is 0 Å². The summed E-state index contributed by atoms with van der Waals surface area (Å²) in [7, 11) is 0. The minimum atomic E-state index is -4.49. The number of imidazole rings is 1. The molecule has 0 spiro atoms. The highest BCUT2D eigenvalue weighted by Crippen LogP contribution is 2.31. The van der Waals surface area contributed by atoms with Crippen molar-refractivity contribution in [2.24, 2.45) is 0 Å². The van der Waals surface area contributed by atoms with Gasteiger partial charge in [0, 0.05) is 18.3 Å². The average molecular weight is 298 g/mol. The summed E-state index contributed by atoms with van der Waals surface area (Å²) in [5.41, 5.74) is 0.160. The SMILES string of the molecule is CCn1cc(C(F)(F)F)nc1-c1ccc(CC(=O)O)cc1. The van der Waals surface area contributed by atoms with Crippen molar-refractivity contribution >= 4 is 5.97 Å². The van der Waals surface area contributed by atoms with E-state index in [-0.39, 0.29) is 12.2 Å². The van der Waals surface area contributed by atoms with Gasteiger partial charge in [-0.25, -0.2) is 4.98 Å². The van der Waals surface area contributed by atoms with E-state index in [1.807, 2.05) is 0 Å². The van der Waals surface area contributed by atoms with Crippen LogP contribution in [0, 0.1) is 0 Å². The van der Waals surface area contributed by atoms with E-state index in [9.17, 15) is 18.0 Å². The van der Waals surface area contributed by atoms with Crippen LogP contribution in [-0.2, 0) is 23.9 Å². The molecule has 1 aromatic heterocycles. The van der Waals surface area contributed by atoms with E-state index in [4.69, 9.17) is 5.11 Å². The maximum absolute atomic E-state index is 12.7. The van der Waals surface area contributed by atoms with Crippen molar-refractivity contribution in [3.05, 3.63) is 41.7 Å². The topological polar surface area (TPSA) is 55.1 Å². The molecule has 21 heavy (non-hydrogen) atoms. The van der Waals surface area contributed by atoms with Gasteiger partial charge in [0.05, 0.1) is 6.42 Å². The number of alkyl halides is 3. The lowest BCUT2D eigenvalue weighted by atomic mass is 10.1. The molecule has 0 atom stereocenters. The lowest BCUT2D eigenvalue weighted by Crippen LogP contribution is -2.05. The number of carbonyl (C=O) groups is 1. The van der Waals surface area contributed by atoms with Gasteiger partial charge in [0.1, 0.15) is 5.82 Å². The first-order valence-corrected chi connectivity index (χ1v) is 6.26. The molecule has 112 valence electrons. The van der Waals surface area contributed by atoms with Crippen LogP contribution in [0.5, 0.6) is 0 Å². The van der Waals surface area contributed by atoms with Crippen LogP contribution in [0.4, 0.5) is 13.2 Å². The Balaban J connectivity index is 2.37. The maximum Gasteiger partial charge on any atom is 0.434 e. The van der Waals surface area contributed by atoms with E-state index in [0.29, 0.717) is 17.7 Å². The number of hydrogen-bond donors (Lipinski definition) is 1. The van der Waals surface area contributed by atoms with Crippen molar-refractivity contribution < 1.29 is 23.1 Å². The zero-order valence-electron chi connectivity index (χ0n) is 11.2. The van der Waals surface area contributed by atoms with Gasteiger partial charge >= 0.3 is 12.1 Å². The number of carboxylic acid groups (broad SMARTS) is 1. The van der Waals surface area contributed by atoms with Gasteiger partial charge in [-0.3, -0.25) is 4.79 Å². The van der Waals surface area contributed by atoms with Crippen LogP contribution in [0.1, 0.15) is 18.2 Å². The largest absolute Gasteiger partial charge is 0.481 e. The monoisotopic (exact) mass is 298 g/mol. The molecule has 0 amide bonds. The molecule has 0 unspecified atom stereocenters. The van der Waals surface area contributed by atoms with E-state index in [1.54, 1.807) is 31.2 Å². The van der Waals surface area contributed by atoms with Gasteiger partial charge in [0.2, 0.25) is 0 Å². The Kier molecular flexibility index (Phi) is 4.02. The first-order chi connectivity index (χ1) is 9.81. The highest BCUT2D eigenvalue weighted by Gasteiger charge is 2.34. The molecule has 1 aromatic carbocycles. The molecule has 0 aliphatic carbocycles. The highest BCUT2D eigenvalue weighted by atomic mass is 19.4. The van der Waals surface area contributed by atoms with Crippen LogP contribution in [-0.4, -0.2) is 20.6 Å². The molecular formula is C14H13F3N2O2. The fraction of sp³-hybridized carbons (Fsp3) is 0.286. The third-order valence-corrected chi connectivity index (χ3v) is 2.98. The van der Waals surface area contributed by atoms with Crippen LogP contribution in [0.15, 0.2) is 30.5 Å². The van der Waals surface area contributed by atoms with Crippen molar-refractivity contribution in [1.82, 2.24) is 9.55 Å². The quantitative estimate of drug-likeness (QED) is 0.943. The molecule has 0 saturated carbocycles. The van der Waals surface area contributed by atoms with Crippen LogP contribution in [0.25, 0.3) is 11.4 Å². The third kappa shape index (κ3) is 3.42. The number of aryl methyl sites for hydroxylation is 1. The Morgan fingerprint density at radius 2 is 1.90 bits per heavy atom. The minimum absolute atomic E-state index is 0.129. The van der Waals surface area contributed by atoms with Crippen LogP contribution < -0.4 is 0 Å². The lowest BCUT2D eigenvalue weighted by Gasteiger charge is -2.05. The molecule has 0 fully saturated rings. The smallest absolute Gasteiger partial charge is 0.434 e. The summed E-state index contributed by atoms with van der Waals surface area (Å²) in [6.07, 6.45) is -3.64. The van der Waals surface area contributed by atoms with Crippen molar-refractivity contribution in [1.29, 1.82) is 0 Å². The Morgan fingerprint density at radius 3 is 2.38 bits per heavy atom. The van der Waals surface area contributed by atoms with Crippen molar-refractivity contribution in [3.8, 4) is 11.4 Å². The lowest BCUT2D eigenvalue weighted by molar-refractivity contribution is -0.141.